The van der Waals surface area contributed by atoms with Crippen molar-refractivity contribution in [2.45, 2.75) is 44.1 Å². The molecule has 3 aliphatic rings. The summed E-state index contributed by atoms with van der Waals surface area (Å²) in [4.78, 5) is 24.4. The van der Waals surface area contributed by atoms with E-state index in [0.717, 1.165) is 63.6 Å². The predicted octanol–water partition coefficient (Wildman–Crippen LogP) is 3.02. The average Bonchev–Trinajstić information content (AvgIpc) is 3.70. The first-order valence-corrected chi connectivity index (χ1v) is 11.4. The van der Waals surface area contributed by atoms with Gasteiger partial charge in [-0.25, -0.2) is 23.7 Å². The first kappa shape index (κ1) is 21.2. The molecular weight excluding hydrogens is 416 g/mol. The molecule has 2 aromatic heterocycles. The molecule has 5 rings (SSSR count). The Morgan fingerprint density at radius 2 is 1.75 bits per heavy atom. The lowest BCUT2D eigenvalue weighted by Crippen LogP contribution is -2.44. The zero-order chi connectivity index (χ0) is 22.1. The van der Waals surface area contributed by atoms with Crippen molar-refractivity contribution in [2.24, 2.45) is 0 Å². The van der Waals surface area contributed by atoms with Gasteiger partial charge in [-0.05, 0) is 31.7 Å². The van der Waals surface area contributed by atoms with Crippen LogP contribution in [0.2, 0.25) is 0 Å². The summed E-state index contributed by atoms with van der Waals surface area (Å²) in [5, 5.41) is 0. The van der Waals surface area contributed by atoms with Crippen LogP contribution in [-0.4, -0.2) is 72.4 Å². The van der Waals surface area contributed by atoms with Gasteiger partial charge in [0.15, 0.2) is 0 Å². The van der Waals surface area contributed by atoms with Crippen molar-refractivity contribution in [3.8, 4) is 0 Å². The van der Waals surface area contributed by atoms with Crippen molar-refractivity contribution in [1.29, 1.82) is 0 Å². The quantitative estimate of drug-likeness (QED) is 0.672. The van der Waals surface area contributed by atoms with Crippen molar-refractivity contribution in [3.63, 3.8) is 0 Å². The Balaban J connectivity index is 1.25. The molecule has 32 heavy (non-hydrogen) atoms. The molecule has 10 heteroatoms. The van der Waals surface area contributed by atoms with Crippen molar-refractivity contribution < 1.29 is 13.5 Å². The number of aromatic nitrogens is 4. The van der Waals surface area contributed by atoms with Gasteiger partial charge in [-0.2, -0.15) is 4.98 Å². The molecule has 0 unspecified atom stereocenters. The van der Waals surface area contributed by atoms with Crippen LogP contribution in [0.4, 0.5) is 26.4 Å². The van der Waals surface area contributed by atoms with E-state index in [2.05, 4.69) is 36.7 Å². The molecular formula is C22H29F2N7O. The smallest absolute Gasteiger partial charge is 0.280 e. The summed E-state index contributed by atoms with van der Waals surface area (Å²) in [6, 6.07) is 3.72. The Bertz CT molecular complexity index is 908. The lowest BCUT2D eigenvalue weighted by molar-refractivity contribution is 0.122. The number of morpholine rings is 1. The topological polar surface area (TPSA) is 70.5 Å². The molecule has 1 saturated carbocycles. The number of rotatable bonds is 6. The third-order valence-electron chi connectivity index (χ3n) is 6.54. The molecule has 0 radical (unpaired) electrons. The molecule has 3 fully saturated rings. The van der Waals surface area contributed by atoms with Crippen molar-refractivity contribution in [2.75, 3.05) is 61.1 Å². The molecule has 2 aromatic rings. The molecule has 0 atom stereocenters. The Morgan fingerprint density at radius 1 is 1.00 bits per heavy atom. The van der Waals surface area contributed by atoms with Crippen LogP contribution in [0.3, 0.4) is 0 Å². The van der Waals surface area contributed by atoms with Crippen LogP contribution in [0.1, 0.15) is 49.5 Å². The molecule has 0 aromatic carbocycles. The summed E-state index contributed by atoms with van der Waals surface area (Å²) in [5.74, 6) is 3.10. The molecule has 0 spiro atoms. The lowest BCUT2D eigenvalue weighted by atomic mass is 10.0. The Labute approximate surface area is 186 Å². The average molecular weight is 446 g/mol. The number of nitrogens with zero attached hydrogens (tertiary/aromatic N) is 7. The number of piperidine rings is 1. The summed E-state index contributed by atoms with van der Waals surface area (Å²) in [7, 11) is 2.07. The second-order valence-corrected chi connectivity index (χ2v) is 8.73. The molecule has 4 heterocycles. The summed E-state index contributed by atoms with van der Waals surface area (Å²) in [6.45, 7) is 4.52. The van der Waals surface area contributed by atoms with Crippen LogP contribution < -0.4 is 14.7 Å². The zero-order valence-corrected chi connectivity index (χ0v) is 18.3. The molecule has 8 nitrogen and oxygen atoms in total. The van der Waals surface area contributed by atoms with Gasteiger partial charge >= 0.3 is 0 Å². The van der Waals surface area contributed by atoms with Gasteiger partial charge in [0.05, 0.1) is 13.2 Å². The van der Waals surface area contributed by atoms with E-state index in [9.17, 15) is 8.78 Å². The number of hydrogen-bond acceptors (Lipinski definition) is 8. The first-order chi connectivity index (χ1) is 15.6. The third kappa shape index (κ3) is 4.60. The van der Waals surface area contributed by atoms with E-state index in [-0.39, 0.29) is 11.6 Å². The summed E-state index contributed by atoms with van der Waals surface area (Å²) in [5.41, 5.74) is -0.159. The third-order valence-corrected chi connectivity index (χ3v) is 6.54. The second kappa shape index (κ2) is 9.09. The van der Waals surface area contributed by atoms with E-state index in [1.807, 2.05) is 12.3 Å². The summed E-state index contributed by atoms with van der Waals surface area (Å²) < 4.78 is 32.1. The molecule has 0 bridgehead atoms. The molecule has 0 N–H and O–H groups in total. The Kier molecular flexibility index (Phi) is 6.03. The van der Waals surface area contributed by atoms with Crippen LogP contribution in [0.5, 0.6) is 0 Å². The fourth-order valence-electron chi connectivity index (χ4n) is 4.39. The largest absolute Gasteiger partial charge is 0.378 e. The minimum Gasteiger partial charge on any atom is -0.378 e. The Morgan fingerprint density at radius 3 is 2.44 bits per heavy atom. The summed E-state index contributed by atoms with van der Waals surface area (Å²) >= 11 is 0. The highest BCUT2D eigenvalue weighted by Crippen LogP contribution is 2.39. The predicted molar refractivity (Wildman–Crippen MR) is 118 cm³/mol. The highest BCUT2D eigenvalue weighted by molar-refractivity contribution is 5.46. The minimum atomic E-state index is -2.57. The minimum absolute atomic E-state index is 0.159. The molecule has 172 valence electrons. The highest BCUT2D eigenvalue weighted by atomic mass is 19.3. The number of hydrogen-bond donors (Lipinski definition) is 0. The monoisotopic (exact) mass is 445 g/mol. The van der Waals surface area contributed by atoms with E-state index in [0.29, 0.717) is 30.9 Å². The molecule has 1 aliphatic carbocycles. The fourth-order valence-corrected chi connectivity index (χ4v) is 4.39. The summed E-state index contributed by atoms with van der Waals surface area (Å²) in [6.07, 6.45) is 3.02. The van der Waals surface area contributed by atoms with Crippen LogP contribution in [0, 0.1) is 0 Å². The van der Waals surface area contributed by atoms with Crippen molar-refractivity contribution in [1.82, 2.24) is 19.9 Å². The van der Waals surface area contributed by atoms with Gasteiger partial charge in [-0.3, -0.25) is 0 Å². The van der Waals surface area contributed by atoms with Crippen molar-refractivity contribution >= 4 is 17.6 Å². The number of halogens is 2. The molecule has 0 amide bonds. The molecule has 2 aliphatic heterocycles. The SMILES string of the molecule is CN(c1ccnc(N2CCOCC2)n1)C1CCN(c2cc(C(F)F)nc(C3CC3)n2)CC1. The number of anilines is 3. The van der Waals surface area contributed by atoms with Gasteiger partial charge in [0, 0.05) is 57.4 Å². The number of alkyl halides is 2. The van der Waals surface area contributed by atoms with Gasteiger partial charge < -0.3 is 19.4 Å². The first-order valence-electron chi connectivity index (χ1n) is 11.4. The Hall–Kier alpha value is -2.62. The normalized spacial score (nSPS) is 20.1. The van der Waals surface area contributed by atoms with E-state index >= 15 is 0 Å². The van der Waals surface area contributed by atoms with Crippen LogP contribution in [0.15, 0.2) is 18.3 Å². The van der Waals surface area contributed by atoms with Gasteiger partial charge in [-0.15, -0.1) is 0 Å². The van der Waals surface area contributed by atoms with Gasteiger partial charge in [-0.1, -0.05) is 0 Å². The standard InChI is InChI=1S/C22H29F2N7O/c1-29(18-4-7-25-22(28-18)31-10-12-32-13-11-31)16-5-8-30(9-6-16)19-14-17(20(23)24)26-21(27-19)15-2-3-15/h4,7,14-16,20H,2-3,5-6,8-13H2,1H3. The lowest BCUT2D eigenvalue weighted by Gasteiger charge is -2.38. The van der Waals surface area contributed by atoms with Gasteiger partial charge in [0.25, 0.3) is 6.43 Å². The highest BCUT2D eigenvalue weighted by Gasteiger charge is 2.30. The van der Waals surface area contributed by atoms with E-state index in [4.69, 9.17) is 9.72 Å². The van der Waals surface area contributed by atoms with Crippen LogP contribution >= 0.6 is 0 Å². The number of ether oxygens (including phenoxy) is 1. The molecule has 2 saturated heterocycles. The fraction of sp³-hybridized carbons (Fsp3) is 0.636. The van der Waals surface area contributed by atoms with E-state index < -0.39 is 6.43 Å². The maximum absolute atomic E-state index is 13.4. The van der Waals surface area contributed by atoms with Gasteiger partial charge in [0.1, 0.15) is 23.2 Å². The second-order valence-electron chi connectivity index (χ2n) is 8.73. The van der Waals surface area contributed by atoms with E-state index in [1.165, 1.54) is 6.07 Å². The zero-order valence-electron chi connectivity index (χ0n) is 18.3. The maximum atomic E-state index is 13.4. The van der Waals surface area contributed by atoms with E-state index in [1.54, 1.807) is 0 Å². The van der Waals surface area contributed by atoms with Crippen LogP contribution in [-0.2, 0) is 4.74 Å². The van der Waals surface area contributed by atoms with Gasteiger partial charge in [0.2, 0.25) is 5.95 Å². The maximum Gasteiger partial charge on any atom is 0.280 e. The van der Waals surface area contributed by atoms with Crippen molar-refractivity contribution in [3.05, 3.63) is 29.8 Å². The van der Waals surface area contributed by atoms with Crippen LogP contribution in [0.25, 0.3) is 0 Å².